The molecule has 0 saturated carbocycles. The Bertz CT molecular complexity index is 207. The van der Waals surface area contributed by atoms with Crippen LogP contribution in [0.4, 0.5) is 0 Å². The van der Waals surface area contributed by atoms with Gasteiger partial charge in [-0.3, -0.25) is 0 Å². The van der Waals surface area contributed by atoms with E-state index in [1.54, 1.807) is 0 Å². The quantitative estimate of drug-likeness (QED) is 0.614. The van der Waals surface area contributed by atoms with Gasteiger partial charge in [0.1, 0.15) is 12.2 Å². The van der Waals surface area contributed by atoms with E-state index >= 15 is 0 Å². The Hall–Kier alpha value is 0.170. The van der Waals surface area contributed by atoms with E-state index < -0.39 is 5.79 Å². The number of hydrogen-bond donors (Lipinski definition) is 0. The Kier molecular flexibility index (Phi) is 2.31. The van der Waals surface area contributed by atoms with Crippen LogP contribution in [0.3, 0.4) is 0 Å². The second kappa shape index (κ2) is 3.09. The fourth-order valence-corrected chi connectivity index (χ4v) is 2.28. The molecule has 0 aliphatic carbocycles. The Labute approximate surface area is 83.3 Å². The van der Waals surface area contributed by atoms with Crippen molar-refractivity contribution in [2.45, 2.75) is 56.9 Å². The Morgan fingerprint density at radius 1 is 1.23 bits per heavy atom. The summed E-state index contributed by atoms with van der Waals surface area (Å²) in [7, 11) is 0. The zero-order valence-corrected chi connectivity index (χ0v) is 8.88. The van der Waals surface area contributed by atoms with Gasteiger partial charge in [0, 0.05) is 0 Å². The molecule has 0 N–H and O–H groups in total. The highest BCUT2D eigenvalue weighted by Crippen LogP contribution is 2.40. The van der Waals surface area contributed by atoms with Crippen LogP contribution in [0.5, 0.6) is 0 Å². The molecule has 76 valence electrons. The lowest BCUT2D eigenvalue weighted by atomic mass is 10.1. The Balaban J connectivity index is 2.12. The molecule has 2 fully saturated rings. The molecule has 0 spiro atoms. The third kappa shape index (κ3) is 1.59. The first-order valence-corrected chi connectivity index (χ1v) is 5.12. The number of fused-ring (bicyclic) bond motifs is 1. The molecule has 2 aliphatic heterocycles. The van der Waals surface area contributed by atoms with Gasteiger partial charge >= 0.3 is 0 Å². The standard InChI is InChI=1S/C9H15ClO3/c1-4-5-6-7(8(10)11-5)13-9(2,3)12-6/h5-8H,4H2,1-3H3/t5-,6-,7-,8+/m0/s1. The van der Waals surface area contributed by atoms with Crippen LogP contribution in [0, 0.1) is 0 Å². The van der Waals surface area contributed by atoms with Gasteiger partial charge in [-0.1, -0.05) is 18.5 Å². The lowest BCUT2D eigenvalue weighted by Gasteiger charge is -2.21. The van der Waals surface area contributed by atoms with Crippen LogP contribution in [0.1, 0.15) is 27.2 Å². The van der Waals surface area contributed by atoms with Crippen molar-refractivity contribution in [2.75, 3.05) is 0 Å². The minimum atomic E-state index is -0.514. The fraction of sp³-hybridized carbons (Fsp3) is 1.00. The first-order valence-electron chi connectivity index (χ1n) is 4.68. The summed E-state index contributed by atoms with van der Waals surface area (Å²) in [6.45, 7) is 5.87. The molecule has 0 amide bonds. The van der Waals surface area contributed by atoms with Crippen LogP contribution in [0.2, 0.25) is 0 Å². The van der Waals surface area contributed by atoms with E-state index in [0.29, 0.717) is 0 Å². The predicted octanol–water partition coefficient (Wildman–Crippen LogP) is 1.88. The average molecular weight is 207 g/mol. The summed E-state index contributed by atoms with van der Waals surface area (Å²) < 4.78 is 16.8. The molecule has 4 heteroatoms. The summed E-state index contributed by atoms with van der Waals surface area (Å²) >= 11 is 5.99. The van der Waals surface area contributed by atoms with Gasteiger partial charge < -0.3 is 14.2 Å². The van der Waals surface area contributed by atoms with Gasteiger partial charge in [-0.2, -0.15) is 0 Å². The van der Waals surface area contributed by atoms with Crippen LogP contribution < -0.4 is 0 Å². The molecule has 0 aromatic rings. The maximum absolute atomic E-state index is 5.99. The first kappa shape index (κ1) is 9.71. The van der Waals surface area contributed by atoms with E-state index in [1.165, 1.54) is 0 Å². The summed E-state index contributed by atoms with van der Waals surface area (Å²) in [4.78, 5) is 0. The van der Waals surface area contributed by atoms with E-state index in [0.717, 1.165) is 6.42 Å². The van der Waals surface area contributed by atoms with Gasteiger partial charge in [0.15, 0.2) is 11.4 Å². The van der Waals surface area contributed by atoms with Gasteiger partial charge in [0.05, 0.1) is 6.10 Å². The summed E-state index contributed by atoms with van der Waals surface area (Å²) in [5.74, 6) is -0.514. The number of rotatable bonds is 1. The SMILES string of the molecule is CC[C@@H]1O[C@@H](Cl)[C@H]2OC(C)(C)O[C@H]21. The number of ether oxygens (including phenoxy) is 3. The van der Waals surface area contributed by atoms with Crippen molar-refractivity contribution in [3.8, 4) is 0 Å². The second-order valence-electron chi connectivity index (χ2n) is 4.00. The molecule has 0 bridgehead atoms. The Morgan fingerprint density at radius 2 is 1.85 bits per heavy atom. The molecular formula is C9H15ClO3. The molecule has 0 unspecified atom stereocenters. The lowest BCUT2D eigenvalue weighted by Crippen LogP contribution is -2.28. The zero-order chi connectivity index (χ0) is 9.64. The van der Waals surface area contributed by atoms with Gasteiger partial charge in [-0.05, 0) is 20.3 Å². The topological polar surface area (TPSA) is 27.7 Å². The van der Waals surface area contributed by atoms with Crippen molar-refractivity contribution < 1.29 is 14.2 Å². The van der Waals surface area contributed by atoms with Crippen LogP contribution in [-0.4, -0.2) is 29.7 Å². The summed E-state index contributed by atoms with van der Waals surface area (Å²) in [5.41, 5.74) is -0.364. The van der Waals surface area contributed by atoms with Crippen molar-refractivity contribution in [2.24, 2.45) is 0 Å². The van der Waals surface area contributed by atoms with E-state index in [2.05, 4.69) is 6.92 Å². The van der Waals surface area contributed by atoms with Crippen LogP contribution in [-0.2, 0) is 14.2 Å². The first-order chi connectivity index (χ1) is 6.03. The molecule has 13 heavy (non-hydrogen) atoms. The molecule has 0 aromatic carbocycles. The molecule has 3 nitrogen and oxygen atoms in total. The van der Waals surface area contributed by atoms with E-state index in [9.17, 15) is 0 Å². The lowest BCUT2D eigenvalue weighted by molar-refractivity contribution is -0.179. The van der Waals surface area contributed by atoms with Crippen molar-refractivity contribution in [1.82, 2.24) is 0 Å². The van der Waals surface area contributed by atoms with Gasteiger partial charge in [-0.15, -0.1) is 0 Å². The Morgan fingerprint density at radius 3 is 2.46 bits per heavy atom. The predicted molar refractivity (Wildman–Crippen MR) is 48.6 cm³/mol. The van der Waals surface area contributed by atoms with Crippen LogP contribution >= 0.6 is 11.6 Å². The smallest absolute Gasteiger partial charge is 0.164 e. The minimum absolute atomic E-state index is 0.00231. The molecule has 2 saturated heterocycles. The molecule has 0 radical (unpaired) electrons. The summed E-state index contributed by atoms with van der Waals surface area (Å²) in [6, 6.07) is 0. The summed E-state index contributed by atoms with van der Waals surface area (Å²) in [5, 5.41) is 0. The van der Waals surface area contributed by atoms with Crippen molar-refractivity contribution in [3.05, 3.63) is 0 Å². The second-order valence-corrected chi connectivity index (χ2v) is 4.43. The number of halogens is 1. The highest BCUT2D eigenvalue weighted by atomic mass is 35.5. The maximum atomic E-state index is 5.99. The largest absolute Gasteiger partial charge is 0.354 e. The molecule has 2 rings (SSSR count). The van der Waals surface area contributed by atoms with Gasteiger partial charge in [0.2, 0.25) is 0 Å². The third-order valence-corrected chi connectivity index (χ3v) is 2.85. The van der Waals surface area contributed by atoms with Crippen molar-refractivity contribution in [3.63, 3.8) is 0 Å². The summed E-state index contributed by atoms with van der Waals surface area (Å²) in [6.07, 6.45) is 0.877. The van der Waals surface area contributed by atoms with Crippen molar-refractivity contribution >= 4 is 11.6 Å². The zero-order valence-electron chi connectivity index (χ0n) is 8.12. The maximum Gasteiger partial charge on any atom is 0.164 e. The van der Waals surface area contributed by atoms with E-state index in [1.807, 2.05) is 13.8 Å². The highest BCUT2D eigenvalue weighted by molar-refractivity contribution is 6.20. The van der Waals surface area contributed by atoms with Crippen molar-refractivity contribution in [1.29, 1.82) is 0 Å². The molecular weight excluding hydrogens is 192 g/mol. The number of hydrogen-bond acceptors (Lipinski definition) is 3. The molecule has 0 aromatic heterocycles. The fourth-order valence-electron chi connectivity index (χ4n) is 1.96. The highest BCUT2D eigenvalue weighted by Gasteiger charge is 2.53. The minimum Gasteiger partial charge on any atom is -0.354 e. The molecule has 2 aliphatic rings. The van der Waals surface area contributed by atoms with E-state index in [4.69, 9.17) is 25.8 Å². The molecule has 4 atom stereocenters. The monoisotopic (exact) mass is 206 g/mol. The molecule has 2 heterocycles. The normalized spacial score (nSPS) is 48.0. The van der Waals surface area contributed by atoms with Gasteiger partial charge in [-0.25, -0.2) is 0 Å². The average Bonchev–Trinajstić information content (AvgIpc) is 2.47. The van der Waals surface area contributed by atoms with E-state index in [-0.39, 0.29) is 23.9 Å². The number of alkyl halides is 1. The van der Waals surface area contributed by atoms with Gasteiger partial charge in [0.25, 0.3) is 0 Å². The van der Waals surface area contributed by atoms with Crippen LogP contribution in [0.15, 0.2) is 0 Å². The third-order valence-electron chi connectivity index (χ3n) is 2.50. The van der Waals surface area contributed by atoms with Crippen LogP contribution in [0.25, 0.3) is 0 Å².